The molecule has 0 rings (SSSR count). The lowest BCUT2D eigenvalue weighted by atomic mass is 10.1. The van der Waals surface area contributed by atoms with E-state index in [1.807, 2.05) is 0 Å². The minimum Gasteiger partial charge on any atom is -0.462 e. The number of hydrogen-bond donors (Lipinski definition) is 0. The van der Waals surface area contributed by atoms with Crippen LogP contribution in [-0.4, -0.2) is 37.2 Å². The fourth-order valence-corrected chi connectivity index (χ4v) is 8.15. The van der Waals surface area contributed by atoms with Crippen LogP contribution in [0.3, 0.4) is 0 Å². The van der Waals surface area contributed by atoms with Crippen LogP contribution in [0.1, 0.15) is 265 Å². The molecule has 434 valence electrons. The summed E-state index contributed by atoms with van der Waals surface area (Å²) in [5.74, 6) is -0.942. The predicted octanol–water partition coefficient (Wildman–Crippen LogP) is 21.5. The maximum Gasteiger partial charge on any atom is 0.306 e. The Morgan fingerprint density at radius 3 is 0.805 bits per heavy atom. The van der Waals surface area contributed by atoms with E-state index in [1.54, 1.807) is 0 Å². The molecule has 0 saturated carbocycles. The van der Waals surface area contributed by atoms with Gasteiger partial charge in [0.1, 0.15) is 13.2 Å². The molecule has 0 aromatic heterocycles. The van der Waals surface area contributed by atoms with Crippen molar-refractivity contribution in [3.8, 4) is 0 Å². The van der Waals surface area contributed by atoms with Crippen molar-refractivity contribution in [2.75, 3.05) is 13.2 Å². The Morgan fingerprint density at radius 1 is 0.273 bits per heavy atom. The fourth-order valence-electron chi connectivity index (χ4n) is 8.15. The van der Waals surface area contributed by atoms with Crippen molar-refractivity contribution in [1.29, 1.82) is 0 Å². The molecule has 0 aliphatic rings. The molecule has 0 N–H and O–H groups in total. The average molecular weight is 1060 g/mol. The number of allylic oxidation sites excluding steroid dienone is 24. The molecule has 0 aliphatic carbocycles. The molecule has 0 aromatic carbocycles. The van der Waals surface area contributed by atoms with Gasteiger partial charge in [0.15, 0.2) is 6.10 Å². The van der Waals surface area contributed by atoms with E-state index in [-0.39, 0.29) is 31.1 Å². The van der Waals surface area contributed by atoms with Gasteiger partial charge in [0.25, 0.3) is 0 Å². The van der Waals surface area contributed by atoms with Crippen LogP contribution in [0.15, 0.2) is 146 Å². The second-order valence-electron chi connectivity index (χ2n) is 20.2. The number of esters is 3. The summed E-state index contributed by atoms with van der Waals surface area (Å²) in [7, 11) is 0. The highest BCUT2D eigenvalue weighted by Crippen LogP contribution is 2.14. The lowest BCUT2D eigenvalue weighted by Crippen LogP contribution is -2.30. The highest BCUT2D eigenvalue weighted by Gasteiger charge is 2.19. The Balaban J connectivity index is 4.25. The van der Waals surface area contributed by atoms with Gasteiger partial charge in [-0.15, -0.1) is 0 Å². The molecule has 6 heteroatoms. The third-order valence-corrected chi connectivity index (χ3v) is 12.8. The Labute approximate surface area is 474 Å². The lowest BCUT2D eigenvalue weighted by molar-refractivity contribution is -0.167. The molecule has 0 amide bonds. The maximum atomic E-state index is 12.8. The van der Waals surface area contributed by atoms with Gasteiger partial charge in [0.2, 0.25) is 0 Å². The van der Waals surface area contributed by atoms with Gasteiger partial charge in [-0.1, -0.05) is 263 Å². The highest BCUT2D eigenvalue weighted by atomic mass is 16.6. The standard InChI is InChI=1S/C71H114O6/c1-4-7-10-13-16-19-21-23-25-27-28-29-30-31-32-33-34-35-36-37-38-39-40-41-42-43-44-45-47-48-50-52-55-58-61-64-70(73)76-67-68(66-75-69(72)63-60-57-54-18-15-12-9-6-3)77-71(74)65-62-59-56-53-51-49-46-26-24-22-20-17-14-11-8-5-2/h7,10,16,19-20,22-23,25-26,28-29,31-32,34-35,37-38,40-41,43-44,46-48,68H,4-6,8-9,11-15,17-18,21,24,27,30,33,36,39,42,45,49-67H2,1-3H3/b10-7-,19-16-,22-20-,25-23-,29-28-,32-31-,35-34-,38-37-,41-40-,44-43-,46-26-,48-47-. The van der Waals surface area contributed by atoms with Crippen LogP contribution in [0.25, 0.3) is 0 Å². The largest absolute Gasteiger partial charge is 0.462 e. The molecule has 0 radical (unpaired) electrons. The zero-order chi connectivity index (χ0) is 55.7. The number of carbonyl (C=O) groups is 3. The average Bonchev–Trinajstić information content (AvgIpc) is 3.43. The fraction of sp³-hybridized carbons (Fsp3) is 0.620. The molecule has 6 nitrogen and oxygen atoms in total. The van der Waals surface area contributed by atoms with Gasteiger partial charge in [-0.3, -0.25) is 14.4 Å². The minimum atomic E-state index is -0.798. The minimum absolute atomic E-state index is 0.0946. The Hall–Kier alpha value is -4.71. The number of hydrogen-bond acceptors (Lipinski definition) is 6. The van der Waals surface area contributed by atoms with Crippen LogP contribution in [-0.2, 0) is 28.6 Å². The molecule has 0 aromatic rings. The van der Waals surface area contributed by atoms with E-state index in [1.165, 1.54) is 64.2 Å². The van der Waals surface area contributed by atoms with Crippen molar-refractivity contribution in [2.24, 2.45) is 0 Å². The quantitative estimate of drug-likeness (QED) is 0.0261. The maximum absolute atomic E-state index is 12.8. The Bertz CT molecular complexity index is 1700. The molecule has 0 spiro atoms. The van der Waals surface area contributed by atoms with E-state index in [2.05, 4.69) is 167 Å². The zero-order valence-electron chi connectivity index (χ0n) is 49.7. The monoisotopic (exact) mass is 1060 g/mol. The second-order valence-corrected chi connectivity index (χ2v) is 20.2. The van der Waals surface area contributed by atoms with Crippen LogP contribution in [0.5, 0.6) is 0 Å². The first kappa shape index (κ1) is 72.3. The number of ether oxygens (including phenoxy) is 3. The Kier molecular flexibility index (Phi) is 59.9. The van der Waals surface area contributed by atoms with Gasteiger partial charge in [0, 0.05) is 19.3 Å². The van der Waals surface area contributed by atoms with Crippen LogP contribution >= 0.6 is 0 Å². The molecule has 1 atom stereocenters. The van der Waals surface area contributed by atoms with E-state index < -0.39 is 6.10 Å². The van der Waals surface area contributed by atoms with E-state index in [0.29, 0.717) is 19.3 Å². The van der Waals surface area contributed by atoms with E-state index in [4.69, 9.17) is 14.2 Å². The van der Waals surface area contributed by atoms with Crippen molar-refractivity contribution in [2.45, 2.75) is 271 Å². The van der Waals surface area contributed by atoms with Gasteiger partial charge in [-0.2, -0.15) is 0 Å². The first-order valence-electron chi connectivity index (χ1n) is 31.3. The molecular formula is C71H114O6. The normalized spacial score (nSPS) is 13.1. The molecule has 0 heterocycles. The summed E-state index contributed by atoms with van der Waals surface area (Å²) in [6.07, 6.45) is 91.5. The molecule has 0 aliphatic heterocycles. The van der Waals surface area contributed by atoms with Crippen molar-refractivity contribution in [3.63, 3.8) is 0 Å². The van der Waals surface area contributed by atoms with Gasteiger partial charge >= 0.3 is 17.9 Å². The van der Waals surface area contributed by atoms with Gasteiger partial charge in [-0.05, 0) is 128 Å². The predicted molar refractivity (Wildman–Crippen MR) is 334 cm³/mol. The number of carbonyl (C=O) groups excluding carboxylic acids is 3. The summed E-state index contributed by atoms with van der Waals surface area (Å²) >= 11 is 0. The second kappa shape index (κ2) is 63.8. The van der Waals surface area contributed by atoms with E-state index in [9.17, 15) is 14.4 Å². The van der Waals surface area contributed by atoms with Gasteiger partial charge in [-0.25, -0.2) is 0 Å². The molecule has 0 bridgehead atoms. The first-order chi connectivity index (χ1) is 38.0. The third kappa shape index (κ3) is 62.0. The highest BCUT2D eigenvalue weighted by molar-refractivity contribution is 5.71. The van der Waals surface area contributed by atoms with Crippen LogP contribution in [0.2, 0.25) is 0 Å². The summed E-state index contributed by atoms with van der Waals surface area (Å²) in [6, 6.07) is 0. The number of unbranched alkanes of at least 4 members (excludes halogenated alkanes) is 20. The van der Waals surface area contributed by atoms with Crippen LogP contribution < -0.4 is 0 Å². The molecule has 0 saturated heterocycles. The summed E-state index contributed by atoms with van der Waals surface area (Å²) in [6.45, 7) is 6.44. The van der Waals surface area contributed by atoms with Gasteiger partial charge < -0.3 is 14.2 Å². The summed E-state index contributed by atoms with van der Waals surface area (Å²) in [5, 5.41) is 0. The van der Waals surface area contributed by atoms with Crippen molar-refractivity contribution < 1.29 is 28.6 Å². The number of rotatable bonds is 55. The van der Waals surface area contributed by atoms with Crippen LogP contribution in [0, 0.1) is 0 Å². The first-order valence-corrected chi connectivity index (χ1v) is 31.3. The van der Waals surface area contributed by atoms with Crippen molar-refractivity contribution >= 4 is 17.9 Å². The van der Waals surface area contributed by atoms with Crippen molar-refractivity contribution in [3.05, 3.63) is 146 Å². The van der Waals surface area contributed by atoms with Crippen LogP contribution in [0.4, 0.5) is 0 Å². The topological polar surface area (TPSA) is 78.9 Å². The zero-order valence-corrected chi connectivity index (χ0v) is 49.7. The van der Waals surface area contributed by atoms with E-state index in [0.717, 1.165) is 161 Å². The molecule has 0 fully saturated rings. The third-order valence-electron chi connectivity index (χ3n) is 12.8. The SMILES string of the molecule is CC/C=C\C/C=C\C/C=C\C/C=C\C/C=C\C/C=C\C/C=C\C/C=C\C/C=C\C/C=C\CCCCCCC(=O)OCC(COC(=O)CCCCCCCCCC)OC(=O)CCCCCCC/C=C\C/C=C\CCCCCC. The summed E-state index contributed by atoms with van der Waals surface area (Å²) in [5.41, 5.74) is 0. The Morgan fingerprint density at radius 2 is 0.506 bits per heavy atom. The van der Waals surface area contributed by atoms with E-state index >= 15 is 0 Å². The van der Waals surface area contributed by atoms with Gasteiger partial charge in [0.05, 0.1) is 0 Å². The summed E-state index contributed by atoms with van der Waals surface area (Å²) in [4.78, 5) is 38.0. The summed E-state index contributed by atoms with van der Waals surface area (Å²) < 4.78 is 16.8. The molecule has 77 heavy (non-hydrogen) atoms. The van der Waals surface area contributed by atoms with Crippen molar-refractivity contribution in [1.82, 2.24) is 0 Å². The molecular weight excluding hydrogens is 949 g/mol. The molecule has 1 unspecified atom stereocenters. The smallest absolute Gasteiger partial charge is 0.306 e. The lowest BCUT2D eigenvalue weighted by Gasteiger charge is -2.18.